The zero-order valence-corrected chi connectivity index (χ0v) is 8.62. The van der Waals surface area contributed by atoms with Crippen LogP contribution in [0.4, 0.5) is 5.69 Å². The predicted molar refractivity (Wildman–Crippen MR) is 68.9 cm³/mol. The molecule has 0 aliphatic rings. The Bertz CT molecular complexity index is 811. The van der Waals surface area contributed by atoms with Crippen molar-refractivity contribution < 1.29 is 0 Å². The van der Waals surface area contributed by atoms with Gasteiger partial charge in [-0.05, 0) is 23.6 Å². The standard InChI is InChI=1S/C14H10N2/c15-10-6-7-12-14-9(10)5-4-8-2-1-3-11(16-12)13(8)14/h1-7,16H,15H2. The van der Waals surface area contributed by atoms with Gasteiger partial charge >= 0.3 is 0 Å². The summed E-state index contributed by atoms with van der Waals surface area (Å²) < 4.78 is 0. The van der Waals surface area contributed by atoms with Crippen LogP contribution < -0.4 is 5.73 Å². The maximum absolute atomic E-state index is 6.01. The molecule has 0 bridgehead atoms. The molecular formula is C14H10N2. The molecule has 4 rings (SSSR count). The van der Waals surface area contributed by atoms with E-state index < -0.39 is 0 Å². The van der Waals surface area contributed by atoms with Gasteiger partial charge in [-0.25, -0.2) is 0 Å². The van der Waals surface area contributed by atoms with E-state index in [0.717, 1.165) is 16.6 Å². The topological polar surface area (TPSA) is 41.8 Å². The predicted octanol–water partition coefficient (Wildman–Crippen LogP) is 3.49. The highest BCUT2D eigenvalue weighted by molar-refractivity contribution is 6.25. The number of aromatic nitrogens is 1. The fraction of sp³-hybridized carbons (Fsp3) is 0. The van der Waals surface area contributed by atoms with Gasteiger partial charge in [-0.1, -0.05) is 24.3 Å². The third kappa shape index (κ3) is 0.784. The minimum absolute atomic E-state index is 0.846. The first kappa shape index (κ1) is 7.99. The van der Waals surface area contributed by atoms with Crippen molar-refractivity contribution in [2.24, 2.45) is 0 Å². The fourth-order valence-corrected chi connectivity index (χ4v) is 2.60. The van der Waals surface area contributed by atoms with Gasteiger partial charge in [-0.2, -0.15) is 0 Å². The second-order valence-electron chi connectivity index (χ2n) is 4.22. The molecule has 4 aromatic rings. The molecule has 0 saturated carbocycles. The van der Waals surface area contributed by atoms with Crippen molar-refractivity contribution in [1.29, 1.82) is 0 Å². The monoisotopic (exact) mass is 206 g/mol. The van der Waals surface area contributed by atoms with Crippen molar-refractivity contribution in [2.45, 2.75) is 0 Å². The Kier molecular flexibility index (Phi) is 1.24. The zero-order chi connectivity index (χ0) is 10.7. The zero-order valence-electron chi connectivity index (χ0n) is 8.62. The Balaban J connectivity index is 2.50. The molecule has 0 amide bonds. The van der Waals surface area contributed by atoms with E-state index in [-0.39, 0.29) is 0 Å². The number of hydrogen-bond donors (Lipinski definition) is 2. The van der Waals surface area contributed by atoms with Crippen molar-refractivity contribution in [3.05, 3.63) is 42.5 Å². The van der Waals surface area contributed by atoms with E-state index in [2.05, 4.69) is 41.4 Å². The molecule has 2 nitrogen and oxygen atoms in total. The second-order valence-corrected chi connectivity index (χ2v) is 4.22. The van der Waals surface area contributed by atoms with Gasteiger partial charge in [0.2, 0.25) is 0 Å². The van der Waals surface area contributed by atoms with Crippen LogP contribution in [0.15, 0.2) is 42.5 Å². The van der Waals surface area contributed by atoms with Crippen molar-refractivity contribution in [3.8, 4) is 0 Å². The maximum Gasteiger partial charge on any atom is 0.0472 e. The first-order valence-electron chi connectivity index (χ1n) is 5.35. The van der Waals surface area contributed by atoms with Gasteiger partial charge in [0.05, 0.1) is 0 Å². The number of benzene rings is 3. The number of hydrogen-bond acceptors (Lipinski definition) is 1. The van der Waals surface area contributed by atoms with Crippen LogP contribution in [-0.2, 0) is 0 Å². The van der Waals surface area contributed by atoms with E-state index in [1.165, 1.54) is 21.7 Å². The van der Waals surface area contributed by atoms with Crippen molar-refractivity contribution in [3.63, 3.8) is 0 Å². The van der Waals surface area contributed by atoms with E-state index in [1.54, 1.807) is 0 Å². The summed E-state index contributed by atoms with van der Waals surface area (Å²) in [6, 6.07) is 14.6. The molecule has 0 aliphatic heterocycles. The lowest BCUT2D eigenvalue weighted by Crippen LogP contribution is -1.86. The highest BCUT2D eigenvalue weighted by atomic mass is 14.7. The second kappa shape index (κ2) is 2.47. The van der Waals surface area contributed by atoms with Gasteiger partial charge in [0.25, 0.3) is 0 Å². The van der Waals surface area contributed by atoms with Crippen LogP contribution in [0.1, 0.15) is 0 Å². The molecule has 1 aromatic heterocycles. The van der Waals surface area contributed by atoms with Crippen molar-refractivity contribution in [2.75, 3.05) is 5.73 Å². The van der Waals surface area contributed by atoms with E-state index in [1.807, 2.05) is 6.07 Å². The summed E-state index contributed by atoms with van der Waals surface area (Å²) in [6.45, 7) is 0. The summed E-state index contributed by atoms with van der Waals surface area (Å²) in [7, 11) is 0. The number of nitrogens with two attached hydrogens (primary N) is 1. The lowest BCUT2D eigenvalue weighted by atomic mass is 10.0. The number of nitrogen functional groups attached to an aromatic ring is 1. The van der Waals surface area contributed by atoms with Crippen LogP contribution in [0, 0.1) is 0 Å². The van der Waals surface area contributed by atoms with Crippen molar-refractivity contribution in [1.82, 2.24) is 4.98 Å². The minimum Gasteiger partial charge on any atom is -0.398 e. The smallest absolute Gasteiger partial charge is 0.0472 e. The molecule has 0 unspecified atom stereocenters. The summed E-state index contributed by atoms with van der Waals surface area (Å²) in [5.41, 5.74) is 9.20. The van der Waals surface area contributed by atoms with Gasteiger partial charge in [0.15, 0.2) is 0 Å². The van der Waals surface area contributed by atoms with Gasteiger partial charge in [0.1, 0.15) is 0 Å². The first-order valence-corrected chi connectivity index (χ1v) is 5.35. The average Bonchev–Trinajstić information content (AvgIpc) is 2.69. The van der Waals surface area contributed by atoms with Crippen LogP contribution in [0.3, 0.4) is 0 Å². The summed E-state index contributed by atoms with van der Waals surface area (Å²) >= 11 is 0. The first-order chi connectivity index (χ1) is 7.84. The highest BCUT2D eigenvalue weighted by Gasteiger charge is 2.10. The van der Waals surface area contributed by atoms with Gasteiger partial charge in [-0.15, -0.1) is 0 Å². The Morgan fingerprint density at radius 3 is 2.62 bits per heavy atom. The van der Waals surface area contributed by atoms with Crippen LogP contribution >= 0.6 is 0 Å². The third-order valence-electron chi connectivity index (χ3n) is 3.32. The Morgan fingerprint density at radius 2 is 1.69 bits per heavy atom. The molecule has 76 valence electrons. The van der Waals surface area contributed by atoms with Crippen LogP contribution in [0.2, 0.25) is 0 Å². The summed E-state index contributed by atoms with van der Waals surface area (Å²) in [4.78, 5) is 3.43. The molecular weight excluding hydrogens is 196 g/mol. The van der Waals surface area contributed by atoms with Gasteiger partial charge in [0, 0.05) is 32.9 Å². The molecule has 3 N–H and O–H groups in total. The van der Waals surface area contributed by atoms with E-state index in [4.69, 9.17) is 5.73 Å². The fourth-order valence-electron chi connectivity index (χ4n) is 2.60. The molecule has 3 aromatic carbocycles. The number of aromatic amines is 1. The molecule has 0 spiro atoms. The van der Waals surface area contributed by atoms with Crippen LogP contribution in [0.25, 0.3) is 32.6 Å². The number of rotatable bonds is 0. The lowest BCUT2D eigenvalue weighted by molar-refractivity contribution is 1.55. The number of H-pyrrole nitrogens is 1. The van der Waals surface area contributed by atoms with E-state index in [0.29, 0.717) is 0 Å². The summed E-state index contributed by atoms with van der Waals surface area (Å²) in [5, 5.41) is 4.96. The molecule has 2 heteroatoms. The normalized spacial score (nSPS) is 12.0. The number of nitrogens with one attached hydrogen (secondary N) is 1. The lowest BCUT2D eigenvalue weighted by Gasteiger charge is -2.03. The average molecular weight is 206 g/mol. The SMILES string of the molecule is Nc1ccc2[nH]c3cccc4ccc1c2c43. The molecule has 0 atom stereocenters. The quantitative estimate of drug-likeness (QED) is 0.335. The minimum atomic E-state index is 0.846. The highest BCUT2D eigenvalue weighted by Crippen LogP contribution is 2.36. The molecule has 0 fully saturated rings. The van der Waals surface area contributed by atoms with E-state index in [9.17, 15) is 0 Å². The molecule has 16 heavy (non-hydrogen) atoms. The van der Waals surface area contributed by atoms with Gasteiger partial charge < -0.3 is 10.7 Å². The largest absolute Gasteiger partial charge is 0.398 e. The van der Waals surface area contributed by atoms with E-state index >= 15 is 0 Å². The Morgan fingerprint density at radius 1 is 0.812 bits per heavy atom. The molecule has 0 radical (unpaired) electrons. The molecule has 0 saturated heterocycles. The Hall–Kier alpha value is -2.22. The number of anilines is 1. The Labute approximate surface area is 92.0 Å². The third-order valence-corrected chi connectivity index (χ3v) is 3.32. The van der Waals surface area contributed by atoms with Gasteiger partial charge in [-0.3, -0.25) is 0 Å². The molecule has 0 aliphatic carbocycles. The maximum atomic E-state index is 6.01. The van der Waals surface area contributed by atoms with Crippen LogP contribution in [0.5, 0.6) is 0 Å². The molecule has 1 heterocycles. The van der Waals surface area contributed by atoms with Crippen LogP contribution in [-0.4, -0.2) is 4.98 Å². The summed E-state index contributed by atoms with van der Waals surface area (Å²) in [5.74, 6) is 0. The summed E-state index contributed by atoms with van der Waals surface area (Å²) in [6.07, 6.45) is 0. The van der Waals surface area contributed by atoms with Crippen molar-refractivity contribution >= 4 is 38.3 Å².